The quantitative estimate of drug-likeness (QED) is 0.0261. The Labute approximate surface area is 471 Å². The van der Waals surface area contributed by atoms with Crippen molar-refractivity contribution in [1.29, 1.82) is 0 Å². The molecular formula is C70H122O6. The van der Waals surface area contributed by atoms with Crippen LogP contribution >= 0.6 is 0 Å². The molecular weight excluding hydrogens is 937 g/mol. The molecule has 0 aromatic rings. The number of carbonyl (C=O) groups is 3. The molecule has 0 saturated heterocycles. The van der Waals surface area contributed by atoms with Crippen LogP contribution < -0.4 is 0 Å². The Morgan fingerprint density at radius 3 is 0.816 bits per heavy atom. The lowest BCUT2D eigenvalue weighted by molar-refractivity contribution is -0.167. The number of allylic oxidation sites excluding steroid dienone is 14. The molecule has 0 aliphatic rings. The first-order valence-corrected chi connectivity index (χ1v) is 32.6. The molecule has 76 heavy (non-hydrogen) atoms. The van der Waals surface area contributed by atoms with E-state index in [1.165, 1.54) is 180 Å². The van der Waals surface area contributed by atoms with Crippen molar-refractivity contribution in [1.82, 2.24) is 0 Å². The summed E-state index contributed by atoms with van der Waals surface area (Å²) in [5.41, 5.74) is 0. The molecule has 0 heterocycles. The zero-order valence-corrected chi connectivity index (χ0v) is 50.3. The van der Waals surface area contributed by atoms with Crippen LogP contribution in [-0.2, 0) is 28.6 Å². The second-order valence-electron chi connectivity index (χ2n) is 21.6. The summed E-state index contributed by atoms with van der Waals surface area (Å²) in [7, 11) is 0. The molecule has 0 aromatic carbocycles. The summed E-state index contributed by atoms with van der Waals surface area (Å²) in [5.74, 6) is -0.906. The number of ether oxygens (including phenoxy) is 3. The van der Waals surface area contributed by atoms with E-state index in [4.69, 9.17) is 14.2 Å². The lowest BCUT2D eigenvalue weighted by Crippen LogP contribution is -2.30. The van der Waals surface area contributed by atoms with Gasteiger partial charge in [0.1, 0.15) is 13.2 Å². The van der Waals surface area contributed by atoms with E-state index in [0.717, 1.165) is 103 Å². The summed E-state index contributed by atoms with van der Waals surface area (Å²) < 4.78 is 16.9. The molecule has 0 aliphatic heterocycles. The van der Waals surface area contributed by atoms with Crippen LogP contribution in [0.5, 0.6) is 0 Å². The van der Waals surface area contributed by atoms with Crippen molar-refractivity contribution in [3.63, 3.8) is 0 Å². The summed E-state index contributed by atoms with van der Waals surface area (Å²) in [6, 6.07) is 0. The molecule has 0 radical (unpaired) electrons. The third-order valence-electron chi connectivity index (χ3n) is 14.1. The summed E-state index contributed by atoms with van der Waals surface area (Å²) in [5, 5.41) is 0. The molecule has 0 fully saturated rings. The summed E-state index contributed by atoms with van der Waals surface area (Å²) >= 11 is 0. The smallest absolute Gasteiger partial charge is 0.306 e. The lowest BCUT2D eigenvalue weighted by atomic mass is 10.0. The Hall–Kier alpha value is -3.41. The zero-order chi connectivity index (χ0) is 55.0. The maximum absolute atomic E-state index is 12.9. The molecule has 0 bridgehead atoms. The van der Waals surface area contributed by atoms with Gasteiger partial charge in [0, 0.05) is 19.3 Å². The van der Waals surface area contributed by atoms with Crippen molar-refractivity contribution in [3.8, 4) is 0 Å². The number of hydrogen-bond acceptors (Lipinski definition) is 6. The van der Waals surface area contributed by atoms with Crippen LogP contribution in [0.2, 0.25) is 0 Å². The first-order chi connectivity index (χ1) is 37.5. The van der Waals surface area contributed by atoms with Crippen molar-refractivity contribution in [2.45, 2.75) is 329 Å². The van der Waals surface area contributed by atoms with Gasteiger partial charge in [0.05, 0.1) is 0 Å². The molecule has 1 atom stereocenters. The van der Waals surface area contributed by atoms with E-state index in [2.05, 4.69) is 106 Å². The Morgan fingerprint density at radius 1 is 0.276 bits per heavy atom. The summed E-state index contributed by atoms with van der Waals surface area (Å²) in [6.07, 6.45) is 84.5. The number of esters is 3. The Morgan fingerprint density at radius 2 is 0.513 bits per heavy atom. The summed E-state index contributed by atoms with van der Waals surface area (Å²) in [6.45, 7) is 6.52. The predicted molar refractivity (Wildman–Crippen MR) is 330 cm³/mol. The highest BCUT2D eigenvalue weighted by Gasteiger charge is 2.19. The average molecular weight is 1060 g/mol. The highest BCUT2D eigenvalue weighted by atomic mass is 16.6. The van der Waals surface area contributed by atoms with Crippen molar-refractivity contribution in [2.75, 3.05) is 13.2 Å². The molecule has 1 unspecified atom stereocenters. The Bertz CT molecular complexity index is 1450. The van der Waals surface area contributed by atoms with Crippen molar-refractivity contribution >= 4 is 17.9 Å². The second-order valence-corrected chi connectivity index (χ2v) is 21.6. The number of hydrogen-bond donors (Lipinski definition) is 0. The number of unbranched alkanes of at least 4 members (excludes halogenated alkanes) is 34. The van der Waals surface area contributed by atoms with Crippen LogP contribution in [0.25, 0.3) is 0 Å². The maximum Gasteiger partial charge on any atom is 0.306 e. The van der Waals surface area contributed by atoms with Crippen molar-refractivity contribution in [3.05, 3.63) is 85.1 Å². The van der Waals surface area contributed by atoms with Gasteiger partial charge in [0.2, 0.25) is 0 Å². The minimum atomic E-state index is -0.793. The molecule has 0 amide bonds. The fraction of sp³-hybridized carbons (Fsp3) is 0.757. The minimum absolute atomic E-state index is 0.0868. The van der Waals surface area contributed by atoms with E-state index >= 15 is 0 Å². The highest BCUT2D eigenvalue weighted by molar-refractivity contribution is 5.71. The lowest BCUT2D eigenvalue weighted by Gasteiger charge is -2.18. The van der Waals surface area contributed by atoms with Crippen LogP contribution in [0.4, 0.5) is 0 Å². The van der Waals surface area contributed by atoms with Crippen LogP contribution in [0.3, 0.4) is 0 Å². The first-order valence-electron chi connectivity index (χ1n) is 32.6. The molecule has 438 valence electrons. The molecule has 6 heteroatoms. The van der Waals surface area contributed by atoms with Gasteiger partial charge in [-0.2, -0.15) is 0 Å². The van der Waals surface area contributed by atoms with Gasteiger partial charge in [0.15, 0.2) is 6.10 Å². The topological polar surface area (TPSA) is 78.9 Å². The van der Waals surface area contributed by atoms with E-state index in [-0.39, 0.29) is 31.1 Å². The molecule has 0 N–H and O–H groups in total. The minimum Gasteiger partial charge on any atom is -0.462 e. The monoisotopic (exact) mass is 1060 g/mol. The highest BCUT2D eigenvalue weighted by Crippen LogP contribution is 2.17. The predicted octanol–water partition coefficient (Wildman–Crippen LogP) is 22.3. The van der Waals surface area contributed by atoms with Crippen molar-refractivity contribution in [2.24, 2.45) is 0 Å². The molecule has 6 nitrogen and oxygen atoms in total. The van der Waals surface area contributed by atoms with Crippen molar-refractivity contribution < 1.29 is 28.6 Å². The third-order valence-corrected chi connectivity index (χ3v) is 14.1. The number of rotatable bonds is 59. The standard InChI is InChI=1S/C70H122O6/c1-4-7-10-13-16-19-22-25-27-29-31-32-33-34-35-36-37-38-40-41-43-45-48-51-54-57-60-63-69(72)75-66-67(65-74-68(71)62-59-56-53-50-47-24-21-18-15-12-9-6-3)76-70(73)64-61-58-55-52-49-46-44-42-39-30-28-26-23-20-17-14-11-8-5-2/h8,11,17,20,22,25-26,28-29,31,39,42,46,49,67H,4-7,9-10,12-16,18-19,21,23-24,27,30,32-38,40-41,43-45,47-48,50-66H2,1-3H3/b11-8-,20-17-,25-22-,28-26-,31-29-,42-39-,49-46-. The van der Waals surface area contributed by atoms with Crippen LogP contribution in [0, 0.1) is 0 Å². The van der Waals surface area contributed by atoms with Gasteiger partial charge in [-0.1, -0.05) is 292 Å². The fourth-order valence-corrected chi connectivity index (χ4v) is 9.27. The van der Waals surface area contributed by atoms with Gasteiger partial charge in [-0.25, -0.2) is 0 Å². The number of carbonyl (C=O) groups excluding carboxylic acids is 3. The van der Waals surface area contributed by atoms with E-state index in [9.17, 15) is 14.4 Å². The van der Waals surface area contributed by atoms with Crippen LogP contribution in [-0.4, -0.2) is 37.2 Å². The molecule has 0 spiro atoms. The van der Waals surface area contributed by atoms with Crippen LogP contribution in [0.1, 0.15) is 323 Å². The largest absolute Gasteiger partial charge is 0.462 e. The van der Waals surface area contributed by atoms with Gasteiger partial charge >= 0.3 is 17.9 Å². The Kier molecular flexibility index (Phi) is 61.2. The van der Waals surface area contributed by atoms with Gasteiger partial charge in [-0.15, -0.1) is 0 Å². The zero-order valence-electron chi connectivity index (χ0n) is 50.3. The molecule has 0 rings (SSSR count). The first kappa shape index (κ1) is 72.6. The fourth-order valence-electron chi connectivity index (χ4n) is 9.27. The molecule has 0 saturated carbocycles. The molecule has 0 aliphatic carbocycles. The normalized spacial score (nSPS) is 12.6. The molecule has 0 aromatic heterocycles. The van der Waals surface area contributed by atoms with E-state index in [1.54, 1.807) is 0 Å². The van der Waals surface area contributed by atoms with E-state index < -0.39 is 6.10 Å². The van der Waals surface area contributed by atoms with E-state index in [1.807, 2.05) is 0 Å². The van der Waals surface area contributed by atoms with Gasteiger partial charge in [0.25, 0.3) is 0 Å². The van der Waals surface area contributed by atoms with Gasteiger partial charge < -0.3 is 14.2 Å². The van der Waals surface area contributed by atoms with Gasteiger partial charge in [-0.3, -0.25) is 14.4 Å². The average Bonchev–Trinajstić information content (AvgIpc) is 3.42. The Balaban J connectivity index is 4.29. The van der Waals surface area contributed by atoms with E-state index in [0.29, 0.717) is 19.3 Å². The second kappa shape index (κ2) is 64.1. The maximum atomic E-state index is 12.9. The summed E-state index contributed by atoms with van der Waals surface area (Å²) in [4.78, 5) is 38.3. The van der Waals surface area contributed by atoms with Gasteiger partial charge in [-0.05, 0) is 96.3 Å². The SMILES string of the molecule is CC/C=C\C/C=C\C/C=C\C/C=C\C/C=C\CCCCCC(=O)OC(COC(=O)CCCCCCCCCCCCCC)COC(=O)CCCCCCCCCCCCCCCCC/C=C\C/C=C\CCCCCCC. The third kappa shape index (κ3) is 61.4. The van der Waals surface area contributed by atoms with Crippen LogP contribution in [0.15, 0.2) is 85.1 Å².